The Hall–Kier alpha value is -3.81. The second kappa shape index (κ2) is 10.1. The van der Waals surface area contributed by atoms with Crippen LogP contribution in [0.4, 0.5) is 5.69 Å². The number of carbonyl (C=O) groups is 1. The molecule has 0 atom stereocenters. The van der Waals surface area contributed by atoms with Gasteiger partial charge in [0.15, 0.2) is 11.5 Å². The van der Waals surface area contributed by atoms with Gasteiger partial charge in [0.05, 0.1) is 20.8 Å². The molecule has 0 saturated carbocycles. The van der Waals surface area contributed by atoms with Crippen molar-refractivity contribution < 1.29 is 19.0 Å². The summed E-state index contributed by atoms with van der Waals surface area (Å²) < 4.78 is 18.2. The highest BCUT2D eigenvalue weighted by molar-refractivity contribution is 6.05. The van der Waals surface area contributed by atoms with Crippen LogP contribution in [-0.4, -0.2) is 41.5 Å². The van der Waals surface area contributed by atoms with Crippen LogP contribution in [0.3, 0.4) is 0 Å². The monoisotopic (exact) mass is 408 g/mol. The topological polar surface area (TPSA) is 87.5 Å². The predicted molar refractivity (Wildman–Crippen MR) is 113 cm³/mol. The Morgan fingerprint density at radius 3 is 2.80 bits per heavy atom. The average molecular weight is 408 g/mol. The van der Waals surface area contributed by atoms with Gasteiger partial charge in [-0.2, -0.15) is 5.10 Å². The number of rotatable bonds is 10. The molecule has 0 bridgehead atoms. The molecular weight excluding hydrogens is 384 g/mol. The fraction of sp³-hybridized carbons (Fsp3) is 0.227. The van der Waals surface area contributed by atoms with Crippen LogP contribution in [0.15, 0.2) is 61.7 Å². The highest BCUT2D eigenvalue weighted by atomic mass is 16.5. The van der Waals surface area contributed by atoms with Crippen molar-refractivity contribution in [3.8, 4) is 17.2 Å². The lowest BCUT2D eigenvalue weighted by atomic mass is 10.0. The summed E-state index contributed by atoms with van der Waals surface area (Å²) in [6.07, 6.45) is 5.41. The number of anilines is 1. The van der Waals surface area contributed by atoms with Crippen molar-refractivity contribution in [2.24, 2.45) is 0 Å². The molecule has 0 radical (unpaired) electrons. The van der Waals surface area contributed by atoms with Crippen molar-refractivity contribution in [2.45, 2.75) is 13.0 Å². The summed E-state index contributed by atoms with van der Waals surface area (Å²) in [6, 6.07) is 10.6. The zero-order valence-corrected chi connectivity index (χ0v) is 17.0. The molecule has 3 rings (SSSR count). The molecule has 0 spiro atoms. The van der Waals surface area contributed by atoms with Crippen molar-refractivity contribution in [1.29, 1.82) is 0 Å². The lowest BCUT2D eigenvalue weighted by molar-refractivity contribution is 0.102. The standard InChI is InChI=1S/C22H24N4O4/c1-4-6-16-11-17(12-20(28-2)21(16)29-3)22(27)25-18-7-5-8-19(13-18)30-10-9-26-15-23-14-24-26/h4-5,7-8,11-15H,1,6,9-10H2,2-3H3,(H,25,27). The van der Waals surface area contributed by atoms with Crippen LogP contribution < -0.4 is 19.5 Å². The number of aromatic nitrogens is 3. The van der Waals surface area contributed by atoms with E-state index in [9.17, 15) is 4.79 Å². The molecular formula is C22H24N4O4. The van der Waals surface area contributed by atoms with Gasteiger partial charge in [0.1, 0.15) is 25.0 Å². The van der Waals surface area contributed by atoms with Crippen LogP contribution in [0.5, 0.6) is 17.2 Å². The minimum Gasteiger partial charge on any atom is -0.493 e. The molecule has 0 aliphatic carbocycles. The second-order valence-corrected chi connectivity index (χ2v) is 6.35. The lowest BCUT2D eigenvalue weighted by Gasteiger charge is -2.14. The number of nitrogens with one attached hydrogen (secondary N) is 1. The third-order valence-corrected chi connectivity index (χ3v) is 4.33. The zero-order valence-electron chi connectivity index (χ0n) is 17.0. The molecule has 156 valence electrons. The Labute approximate surface area is 175 Å². The van der Waals surface area contributed by atoms with E-state index in [4.69, 9.17) is 14.2 Å². The van der Waals surface area contributed by atoms with Gasteiger partial charge in [-0.25, -0.2) is 9.67 Å². The van der Waals surface area contributed by atoms with E-state index in [1.54, 1.807) is 48.5 Å². The maximum atomic E-state index is 12.8. The summed E-state index contributed by atoms with van der Waals surface area (Å²) in [7, 11) is 3.11. The first-order valence-electron chi connectivity index (χ1n) is 9.37. The number of allylic oxidation sites excluding steroid dienone is 1. The Balaban J connectivity index is 1.70. The molecule has 3 aromatic rings. The highest BCUT2D eigenvalue weighted by Gasteiger charge is 2.16. The van der Waals surface area contributed by atoms with Gasteiger partial charge < -0.3 is 19.5 Å². The van der Waals surface area contributed by atoms with E-state index >= 15 is 0 Å². The summed E-state index contributed by atoms with van der Waals surface area (Å²) in [5, 5.41) is 6.92. The number of nitrogens with zero attached hydrogens (tertiary/aromatic N) is 3. The smallest absolute Gasteiger partial charge is 0.255 e. The van der Waals surface area contributed by atoms with Gasteiger partial charge in [0.2, 0.25) is 0 Å². The summed E-state index contributed by atoms with van der Waals surface area (Å²) in [5.74, 6) is 1.47. The molecule has 0 aliphatic heterocycles. The number of amides is 1. The highest BCUT2D eigenvalue weighted by Crippen LogP contribution is 2.33. The van der Waals surface area contributed by atoms with Crippen LogP contribution in [0.2, 0.25) is 0 Å². The lowest BCUT2D eigenvalue weighted by Crippen LogP contribution is -2.13. The third kappa shape index (κ3) is 5.16. The molecule has 30 heavy (non-hydrogen) atoms. The van der Waals surface area contributed by atoms with Gasteiger partial charge >= 0.3 is 0 Å². The van der Waals surface area contributed by atoms with Crippen molar-refractivity contribution in [1.82, 2.24) is 14.8 Å². The molecule has 0 fully saturated rings. The molecule has 0 aliphatic rings. The Kier molecular flexibility index (Phi) is 7.05. The normalized spacial score (nSPS) is 10.3. The summed E-state index contributed by atoms with van der Waals surface area (Å²) >= 11 is 0. The number of benzene rings is 2. The number of hydrogen-bond donors (Lipinski definition) is 1. The van der Waals surface area contributed by atoms with Crippen LogP contribution in [0.25, 0.3) is 0 Å². The number of carbonyl (C=O) groups excluding carboxylic acids is 1. The molecule has 0 unspecified atom stereocenters. The first-order chi connectivity index (χ1) is 14.6. The van der Waals surface area contributed by atoms with Crippen LogP contribution in [0.1, 0.15) is 15.9 Å². The third-order valence-electron chi connectivity index (χ3n) is 4.33. The minimum atomic E-state index is -0.263. The molecule has 8 heteroatoms. The van der Waals surface area contributed by atoms with Gasteiger partial charge in [0.25, 0.3) is 5.91 Å². The van der Waals surface area contributed by atoms with E-state index < -0.39 is 0 Å². The van der Waals surface area contributed by atoms with Crippen molar-refractivity contribution in [3.05, 3.63) is 72.8 Å². The number of hydrogen-bond acceptors (Lipinski definition) is 6. The van der Waals surface area contributed by atoms with Crippen LogP contribution in [-0.2, 0) is 13.0 Å². The zero-order chi connectivity index (χ0) is 21.3. The molecule has 8 nitrogen and oxygen atoms in total. The Bertz CT molecular complexity index is 1000. The predicted octanol–water partition coefficient (Wildman–Crippen LogP) is 3.36. The number of ether oxygens (including phenoxy) is 3. The second-order valence-electron chi connectivity index (χ2n) is 6.35. The summed E-state index contributed by atoms with van der Waals surface area (Å²) in [4.78, 5) is 16.7. The van der Waals surface area contributed by atoms with Crippen molar-refractivity contribution >= 4 is 11.6 Å². The molecule has 1 N–H and O–H groups in total. The first kappa shape index (κ1) is 20.9. The van der Waals surface area contributed by atoms with E-state index in [1.165, 1.54) is 13.4 Å². The SMILES string of the molecule is C=CCc1cc(C(=O)Nc2cccc(OCCn3cncn3)c2)cc(OC)c1OC. The number of methoxy groups -OCH3 is 2. The van der Waals surface area contributed by atoms with E-state index in [0.29, 0.717) is 48.1 Å². The van der Waals surface area contributed by atoms with Gasteiger partial charge in [-0.1, -0.05) is 12.1 Å². The van der Waals surface area contributed by atoms with Gasteiger partial charge in [0, 0.05) is 22.9 Å². The maximum Gasteiger partial charge on any atom is 0.255 e. The van der Waals surface area contributed by atoms with Gasteiger partial charge in [-0.15, -0.1) is 6.58 Å². The molecule has 2 aromatic carbocycles. The van der Waals surface area contributed by atoms with Crippen LogP contribution >= 0.6 is 0 Å². The molecule has 1 aromatic heterocycles. The Morgan fingerprint density at radius 2 is 2.10 bits per heavy atom. The quantitative estimate of drug-likeness (QED) is 0.518. The fourth-order valence-electron chi connectivity index (χ4n) is 2.95. The summed E-state index contributed by atoms with van der Waals surface area (Å²) in [5.41, 5.74) is 1.91. The van der Waals surface area contributed by atoms with Crippen molar-refractivity contribution in [2.75, 3.05) is 26.1 Å². The molecule has 1 amide bonds. The average Bonchev–Trinajstić information content (AvgIpc) is 3.27. The van der Waals surface area contributed by atoms with Crippen molar-refractivity contribution in [3.63, 3.8) is 0 Å². The van der Waals surface area contributed by atoms with E-state index in [1.807, 2.05) is 12.1 Å². The van der Waals surface area contributed by atoms with E-state index in [2.05, 4.69) is 22.0 Å². The largest absolute Gasteiger partial charge is 0.493 e. The van der Waals surface area contributed by atoms with Crippen LogP contribution in [0, 0.1) is 0 Å². The van der Waals surface area contributed by atoms with Gasteiger partial charge in [-0.05, 0) is 30.7 Å². The van der Waals surface area contributed by atoms with Gasteiger partial charge in [-0.3, -0.25) is 4.79 Å². The molecule has 0 saturated heterocycles. The van der Waals surface area contributed by atoms with E-state index in [-0.39, 0.29) is 5.91 Å². The maximum absolute atomic E-state index is 12.8. The molecule has 1 heterocycles. The first-order valence-corrected chi connectivity index (χ1v) is 9.37. The summed E-state index contributed by atoms with van der Waals surface area (Å²) in [6.45, 7) is 4.77. The Morgan fingerprint density at radius 1 is 1.23 bits per heavy atom. The van der Waals surface area contributed by atoms with E-state index in [0.717, 1.165) is 5.56 Å². The fourth-order valence-corrected chi connectivity index (χ4v) is 2.95. The minimum absolute atomic E-state index is 0.263.